The van der Waals surface area contributed by atoms with Crippen molar-refractivity contribution in [2.45, 2.75) is 52.0 Å². The van der Waals surface area contributed by atoms with Crippen LogP contribution in [0.4, 0.5) is 0 Å². The van der Waals surface area contributed by atoms with Crippen molar-refractivity contribution < 1.29 is 23.9 Å². The number of rotatable bonds is 5. The van der Waals surface area contributed by atoms with Gasteiger partial charge < -0.3 is 9.47 Å². The van der Waals surface area contributed by atoms with Crippen molar-refractivity contribution in [3.8, 4) is 0 Å². The molecule has 3 rings (SSSR count). The minimum atomic E-state index is -1.21. The molecule has 150 valence electrons. The summed E-state index contributed by atoms with van der Waals surface area (Å²) >= 11 is 0. The summed E-state index contributed by atoms with van der Waals surface area (Å²) < 4.78 is 10.7. The first-order chi connectivity index (χ1) is 13.3. The lowest BCUT2D eigenvalue weighted by molar-refractivity contribution is -0.166. The highest BCUT2D eigenvalue weighted by molar-refractivity contribution is 6.22. The van der Waals surface area contributed by atoms with E-state index in [9.17, 15) is 14.4 Å². The van der Waals surface area contributed by atoms with Crippen LogP contribution in [-0.4, -0.2) is 41.9 Å². The molecule has 0 atom stereocenters. The van der Waals surface area contributed by atoms with E-state index in [-0.39, 0.29) is 18.4 Å². The molecule has 1 aromatic rings. The highest BCUT2D eigenvalue weighted by Gasteiger charge is 2.56. The Morgan fingerprint density at radius 3 is 2.32 bits per heavy atom. The number of carbonyl (C=O) groups excluding carboxylic acids is 3. The Bertz CT molecular complexity index is 819. The standard InChI is InChI=1S/C22H27NO5/c1-15-17(16-10-6-5-7-11-16)18(24)23(14-28-15)21(2,3)19(25)22(20(26)27-4)12-8-9-13-22/h5-7,10-11H,8-9,12-14H2,1-4H3. The average Bonchev–Trinajstić information content (AvgIpc) is 3.18. The monoisotopic (exact) mass is 385 g/mol. The van der Waals surface area contributed by atoms with E-state index in [2.05, 4.69) is 0 Å². The fourth-order valence-corrected chi connectivity index (χ4v) is 4.33. The highest BCUT2D eigenvalue weighted by Crippen LogP contribution is 2.44. The molecule has 0 saturated heterocycles. The molecule has 1 amide bonds. The molecular weight excluding hydrogens is 358 g/mol. The van der Waals surface area contributed by atoms with Gasteiger partial charge in [-0.25, -0.2) is 0 Å². The lowest BCUT2D eigenvalue weighted by Crippen LogP contribution is -2.60. The van der Waals surface area contributed by atoms with Crippen LogP contribution in [0, 0.1) is 5.41 Å². The van der Waals surface area contributed by atoms with E-state index in [1.807, 2.05) is 30.3 Å². The lowest BCUT2D eigenvalue weighted by Gasteiger charge is -2.43. The van der Waals surface area contributed by atoms with Gasteiger partial charge in [-0.05, 0) is 39.2 Å². The van der Waals surface area contributed by atoms with E-state index in [1.165, 1.54) is 12.0 Å². The Balaban J connectivity index is 1.97. The van der Waals surface area contributed by atoms with Crippen molar-refractivity contribution >= 4 is 23.2 Å². The van der Waals surface area contributed by atoms with Gasteiger partial charge >= 0.3 is 5.97 Å². The first-order valence-corrected chi connectivity index (χ1v) is 9.60. The van der Waals surface area contributed by atoms with Crippen LogP contribution in [0.1, 0.15) is 52.0 Å². The second kappa shape index (κ2) is 7.41. The zero-order valence-electron chi connectivity index (χ0n) is 16.9. The molecule has 0 N–H and O–H groups in total. The summed E-state index contributed by atoms with van der Waals surface area (Å²) in [5.41, 5.74) is -1.23. The third kappa shape index (κ3) is 3.11. The molecule has 0 unspecified atom stereocenters. The van der Waals surface area contributed by atoms with Crippen LogP contribution in [0.2, 0.25) is 0 Å². The first-order valence-electron chi connectivity index (χ1n) is 9.60. The summed E-state index contributed by atoms with van der Waals surface area (Å²) in [6.07, 6.45) is 2.47. The Morgan fingerprint density at radius 2 is 1.75 bits per heavy atom. The normalized spacial score (nSPS) is 19.4. The molecule has 1 heterocycles. The van der Waals surface area contributed by atoms with E-state index in [0.717, 1.165) is 18.4 Å². The summed E-state index contributed by atoms with van der Waals surface area (Å²) in [5, 5.41) is 0. The van der Waals surface area contributed by atoms with Crippen LogP contribution in [0.5, 0.6) is 0 Å². The molecule has 2 aliphatic rings. The molecular formula is C22H27NO5. The summed E-state index contributed by atoms with van der Waals surface area (Å²) in [6, 6.07) is 9.25. The van der Waals surface area contributed by atoms with Gasteiger partial charge in [-0.1, -0.05) is 43.2 Å². The number of hydrogen-bond acceptors (Lipinski definition) is 5. The van der Waals surface area contributed by atoms with Crippen LogP contribution < -0.4 is 0 Å². The fourth-order valence-electron chi connectivity index (χ4n) is 4.33. The quantitative estimate of drug-likeness (QED) is 0.574. The smallest absolute Gasteiger partial charge is 0.319 e. The number of amides is 1. The number of nitrogens with zero attached hydrogens (tertiary/aromatic N) is 1. The maximum absolute atomic E-state index is 13.6. The van der Waals surface area contributed by atoms with Gasteiger partial charge in [0, 0.05) is 0 Å². The van der Waals surface area contributed by atoms with Crippen molar-refractivity contribution in [2.75, 3.05) is 13.8 Å². The minimum absolute atomic E-state index is 0.0308. The van der Waals surface area contributed by atoms with Crippen LogP contribution in [0.25, 0.3) is 5.57 Å². The number of allylic oxidation sites excluding steroid dienone is 1. The molecule has 0 aromatic heterocycles. The summed E-state index contributed by atoms with van der Waals surface area (Å²) in [4.78, 5) is 40.9. The summed E-state index contributed by atoms with van der Waals surface area (Å²) in [7, 11) is 1.30. The fraction of sp³-hybridized carbons (Fsp3) is 0.500. The molecule has 0 spiro atoms. The van der Waals surface area contributed by atoms with Crippen LogP contribution in [0.3, 0.4) is 0 Å². The lowest BCUT2D eigenvalue weighted by atomic mass is 9.73. The van der Waals surface area contributed by atoms with Crippen molar-refractivity contribution in [1.82, 2.24) is 4.90 Å². The number of benzene rings is 1. The van der Waals surface area contributed by atoms with Crippen LogP contribution >= 0.6 is 0 Å². The van der Waals surface area contributed by atoms with E-state index in [4.69, 9.17) is 9.47 Å². The van der Waals surface area contributed by atoms with Gasteiger partial charge in [0.25, 0.3) is 5.91 Å². The van der Waals surface area contributed by atoms with Crippen LogP contribution in [-0.2, 0) is 23.9 Å². The van der Waals surface area contributed by atoms with Gasteiger partial charge in [0.1, 0.15) is 16.7 Å². The molecule has 1 aliphatic carbocycles. The van der Waals surface area contributed by atoms with Crippen molar-refractivity contribution in [2.24, 2.45) is 5.41 Å². The average molecular weight is 385 g/mol. The van der Waals surface area contributed by atoms with Gasteiger partial charge in [-0.15, -0.1) is 0 Å². The zero-order chi connectivity index (χ0) is 20.5. The maximum Gasteiger partial charge on any atom is 0.319 e. The Kier molecular flexibility index (Phi) is 5.33. The molecule has 1 fully saturated rings. The van der Waals surface area contributed by atoms with E-state index >= 15 is 0 Å². The van der Waals surface area contributed by atoms with Crippen molar-refractivity contribution in [3.05, 3.63) is 41.7 Å². The number of methoxy groups -OCH3 is 1. The SMILES string of the molecule is COC(=O)C1(C(=O)C(C)(C)N2COC(C)=C(c3ccccc3)C2=O)CCCC1. The molecule has 0 bridgehead atoms. The Labute approximate surface area is 165 Å². The van der Waals surface area contributed by atoms with Gasteiger partial charge in [0.15, 0.2) is 12.5 Å². The third-order valence-electron chi connectivity index (χ3n) is 5.98. The minimum Gasteiger partial charge on any atom is -0.477 e. The van der Waals surface area contributed by atoms with Crippen molar-refractivity contribution in [3.63, 3.8) is 0 Å². The Hall–Kier alpha value is -2.63. The molecule has 1 saturated carbocycles. The highest BCUT2D eigenvalue weighted by atomic mass is 16.5. The molecule has 28 heavy (non-hydrogen) atoms. The Morgan fingerprint density at radius 1 is 1.14 bits per heavy atom. The van der Waals surface area contributed by atoms with E-state index in [0.29, 0.717) is 24.2 Å². The zero-order valence-corrected chi connectivity index (χ0v) is 16.9. The maximum atomic E-state index is 13.6. The number of carbonyl (C=O) groups is 3. The number of ketones is 1. The predicted molar refractivity (Wildman–Crippen MR) is 104 cm³/mol. The largest absolute Gasteiger partial charge is 0.477 e. The summed E-state index contributed by atoms with van der Waals surface area (Å²) in [6.45, 7) is 5.09. The third-order valence-corrected chi connectivity index (χ3v) is 5.98. The first kappa shape index (κ1) is 20.1. The van der Waals surface area contributed by atoms with E-state index < -0.39 is 16.9 Å². The van der Waals surface area contributed by atoms with Gasteiger partial charge in [0.05, 0.1) is 12.7 Å². The topological polar surface area (TPSA) is 72.9 Å². The second-order valence-corrected chi connectivity index (χ2v) is 7.97. The number of esters is 1. The van der Waals surface area contributed by atoms with Gasteiger partial charge in [-0.2, -0.15) is 0 Å². The number of ether oxygens (including phenoxy) is 2. The van der Waals surface area contributed by atoms with E-state index in [1.54, 1.807) is 20.8 Å². The predicted octanol–water partition coefficient (Wildman–Crippen LogP) is 3.32. The van der Waals surface area contributed by atoms with Crippen LogP contribution in [0.15, 0.2) is 36.1 Å². The van der Waals surface area contributed by atoms with Crippen molar-refractivity contribution in [1.29, 1.82) is 0 Å². The molecule has 6 heteroatoms. The second-order valence-electron chi connectivity index (χ2n) is 7.97. The molecule has 0 radical (unpaired) electrons. The molecule has 6 nitrogen and oxygen atoms in total. The number of Topliss-reactive ketones (excluding diaryl/α,β-unsaturated/α-hetero) is 1. The van der Waals surface area contributed by atoms with Gasteiger partial charge in [0.2, 0.25) is 0 Å². The number of hydrogen-bond donors (Lipinski definition) is 0. The summed E-state index contributed by atoms with van der Waals surface area (Å²) in [5.74, 6) is -0.540. The molecule has 1 aliphatic heterocycles. The van der Waals surface area contributed by atoms with Gasteiger partial charge in [-0.3, -0.25) is 19.3 Å². The molecule has 1 aromatic carbocycles.